The maximum atomic E-state index is 8.89. The van der Waals surface area contributed by atoms with Crippen LogP contribution in [0.1, 0.15) is 31.7 Å². The van der Waals surface area contributed by atoms with Crippen LogP contribution in [0.5, 0.6) is 0 Å². The Bertz CT molecular complexity index is 417. The van der Waals surface area contributed by atoms with Gasteiger partial charge >= 0.3 is 0 Å². The van der Waals surface area contributed by atoms with E-state index < -0.39 is 0 Å². The number of hydrogen-bond acceptors (Lipinski definition) is 2. The number of hydrogen-bond donors (Lipinski definition) is 0. The second kappa shape index (κ2) is 8.60. The first kappa shape index (κ1) is 14.6. The van der Waals surface area contributed by atoms with Gasteiger partial charge < -0.3 is 4.74 Å². The van der Waals surface area contributed by atoms with Crippen LogP contribution in [-0.4, -0.2) is 6.61 Å². The molecule has 96 valence electrons. The Kier molecular flexibility index (Phi) is 6.98. The van der Waals surface area contributed by atoms with Crippen molar-refractivity contribution < 1.29 is 4.74 Å². The van der Waals surface area contributed by atoms with Crippen molar-refractivity contribution in [1.29, 1.82) is 5.26 Å². The van der Waals surface area contributed by atoms with Crippen LogP contribution in [0, 0.1) is 11.3 Å². The van der Waals surface area contributed by atoms with Gasteiger partial charge in [-0.3, -0.25) is 0 Å². The van der Waals surface area contributed by atoms with E-state index in [-0.39, 0.29) is 0 Å². The fourth-order valence-corrected chi connectivity index (χ4v) is 1.75. The molecule has 0 atom stereocenters. The van der Waals surface area contributed by atoms with Gasteiger partial charge in [0, 0.05) is 5.02 Å². The maximum absolute atomic E-state index is 8.89. The molecule has 2 nitrogen and oxygen atoms in total. The lowest BCUT2D eigenvalue weighted by atomic mass is 10.1. The highest BCUT2D eigenvalue weighted by atomic mass is 35.5. The van der Waals surface area contributed by atoms with E-state index in [0.717, 1.165) is 30.7 Å². The maximum Gasteiger partial charge on any atom is 0.0979 e. The number of allylic oxidation sites excluding steroid dienone is 1. The molecule has 0 saturated heterocycles. The molecule has 0 spiro atoms. The molecule has 18 heavy (non-hydrogen) atoms. The number of unbranched alkanes of at least 4 members (excludes halogenated alkanes) is 1. The average Bonchev–Trinajstić information content (AvgIpc) is 2.40. The Balaban J connectivity index is 2.26. The zero-order chi connectivity index (χ0) is 13.2. The SMILES string of the molecule is CCO/C=C(\C#N)CCCCc1ccc(Cl)cc1. The van der Waals surface area contributed by atoms with Gasteiger partial charge in [0.05, 0.1) is 24.5 Å². The zero-order valence-electron chi connectivity index (χ0n) is 10.7. The summed E-state index contributed by atoms with van der Waals surface area (Å²) in [6, 6.07) is 10.1. The Morgan fingerprint density at radius 2 is 2.06 bits per heavy atom. The molecule has 0 aliphatic rings. The molecular formula is C15H18ClNO. The molecule has 0 saturated carbocycles. The lowest BCUT2D eigenvalue weighted by molar-refractivity contribution is 0.266. The van der Waals surface area contributed by atoms with Gasteiger partial charge in [0.25, 0.3) is 0 Å². The second-order valence-electron chi connectivity index (χ2n) is 4.04. The molecule has 0 radical (unpaired) electrons. The molecule has 0 aromatic heterocycles. The number of nitrogens with zero attached hydrogens (tertiary/aromatic N) is 1. The molecule has 0 unspecified atom stereocenters. The van der Waals surface area contributed by atoms with Crippen LogP contribution in [0.15, 0.2) is 36.1 Å². The third kappa shape index (κ3) is 5.75. The minimum atomic E-state index is 0.607. The Hall–Kier alpha value is -1.46. The van der Waals surface area contributed by atoms with Gasteiger partial charge in [-0.1, -0.05) is 23.7 Å². The van der Waals surface area contributed by atoms with Gasteiger partial charge in [-0.15, -0.1) is 0 Å². The molecule has 0 heterocycles. The highest BCUT2D eigenvalue weighted by Crippen LogP contribution is 2.13. The monoisotopic (exact) mass is 263 g/mol. The number of rotatable bonds is 7. The van der Waals surface area contributed by atoms with Crippen molar-refractivity contribution in [3.8, 4) is 6.07 Å². The first-order chi connectivity index (χ1) is 8.76. The average molecular weight is 264 g/mol. The number of ether oxygens (including phenoxy) is 1. The minimum absolute atomic E-state index is 0.607. The van der Waals surface area contributed by atoms with E-state index in [2.05, 4.69) is 6.07 Å². The zero-order valence-corrected chi connectivity index (χ0v) is 11.4. The van der Waals surface area contributed by atoms with Crippen molar-refractivity contribution in [3.05, 3.63) is 46.7 Å². The van der Waals surface area contributed by atoms with E-state index in [1.54, 1.807) is 6.26 Å². The summed E-state index contributed by atoms with van der Waals surface area (Å²) in [6.45, 7) is 2.52. The topological polar surface area (TPSA) is 33.0 Å². The Morgan fingerprint density at radius 1 is 1.33 bits per heavy atom. The summed E-state index contributed by atoms with van der Waals surface area (Å²) in [5, 5.41) is 9.66. The lowest BCUT2D eigenvalue weighted by Crippen LogP contribution is -1.88. The van der Waals surface area contributed by atoms with Crippen molar-refractivity contribution in [2.75, 3.05) is 6.61 Å². The van der Waals surface area contributed by atoms with Gasteiger partial charge in [0.15, 0.2) is 0 Å². The molecule has 0 amide bonds. The third-order valence-electron chi connectivity index (χ3n) is 2.61. The van der Waals surface area contributed by atoms with Crippen LogP contribution in [0.25, 0.3) is 0 Å². The lowest BCUT2D eigenvalue weighted by Gasteiger charge is -2.02. The van der Waals surface area contributed by atoms with Crippen LogP contribution < -0.4 is 0 Å². The second-order valence-corrected chi connectivity index (χ2v) is 4.48. The largest absolute Gasteiger partial charge is 0.500 e. The fourth-order valence-electron chi connectivity index (χ4n) is 1.62. The van der Waals surface area contributed by atoms with Gasteiger partial charge in [-0.2, -0.15) is 5.26 Å². The summed E-state index contributed by atoms with van der Waals surface area (Å²) in [5.41, 5.74) is 2.00. The normalized spacial score (nSPS) is 11.1. The van der Waals surface area contributed by atoms with Crippen molar-refractivity contribution in [1.82, 2.24) is 0 Å². The molecule has 1 aromatic rings. The first-order valence-corrected chi connectivity index (χ1v) is 6.59. The van der Waals surface area contributed by atoms with Gasteiger partial charge in [-0.25, -0.2) is 0 Å². The highest BCUT2D eigenvalue weighted by molar-refractivity contribution is 6.30. The number of aryl methyl sites for hydroxylation is 1. The molecule has 1 rings (SSSR count). The minimum Gasteiger partial charge on any atom is -0.500 e. The van der Waals surface area contributed by atoms with E-state index in [1.807, 2.05) is 31.2 Å². The van der Waals surface area contributed by atoms with Crippen LogP contribution in [-0.2, 0) is 11.2 Å². The smallest absolute Gasteiger partial charge is 0.0979 e. The quantitative estimate of drug-likeness (QED) is 0.412. The van der Waals surface area contributed by atoms with E-state index in [0.29, 0.717) is 12.2 Å². The van der Waals surface area contributed by atoms with Crippen LogP contribution in [0.2, 0.25) is 5.02 Å². The van der Waals surface area contributed by atoms with Crippen molar-refractivity contribution in [2.24, 2.45) is 0 Å². The highest BCUT2D eigenvalue weighted by Gasteiger charge is 1.98. The molecule has 0 aliphatic carbocycles. The molecule has 0 bridgehead atoms. The predicted octanol–water partition coefficient (Wildman–Crippen LogP) is 4.50. The predicted molar refractivity (Wildman–Crippen MR) is 74.3 cm³/mol. The Morgan fingerprint density at radius 3 is 2.67 bits per heavy atom. The van der Waals surface area contributed by atoms with Crippen LogP contribution >= 0.6 is 11.6 Å². The van der Waals surface area contributed by atoms with Gasteiger partial charge in [0.1, 0.15) is 0 Å². The van der Waals surface area contributed by atoms with Crippen molar-refractivity contribution in [3.63, 3.8) is 0 Å². The summed E-state index contributed by atoms with van der Waals surface area (Å²) < 4.78 is 5.12. The molecule has 3 heteroatoms. The van der Waals surface area contributed by atoms with Crippen LogP contribution in [0.3, 0.4) is 0 Å². The van der Waals surface area contributed by atoms with E-state index in [9.17, 15) is 0 Å². The van der Waals surface area contributed by atoms with Crippen molar-refractivity contribution in [2.45, 2.75) is 32.6 Å². The summed E-state index contributed by atoms with van der Waals surface area (Å²) in [6.07, 6.45) is 5.43. The van der Waals surface area contributed by atoms with Gasteiger partial charge in [-0.05, 0) is 50.3 Å². The number of benzene rings is 1. The van der Waals surface area contributed by atoms with E-state index >= 15 is 0 Å². The van der Waals surface area contributed by atoms with Gasteiger partial charge in [0.2, 0.25) is 0 Å². The summed E-state index contributed by atoms with van der Waals surface area (Å²) in [4.78, 5) is 0. The van der Waals surface area contributed by atoms with Crippen molar-refractivity contribution >= 4 is 11.6 Å². The van der Waals surface area contributed by atoms with Crippen LogP contribution in [0.4, 0.5) is 0 Å². The molecule has 0 aliphatic heterocycles. The summed E-state index contributed by atoms with van der Waals surface area (Å²) in [5.74, 6) is 0. The Labute approximate surface area is 114 Å². The standard InChI is InChI=1S/C15H18ClNO/c1-2-18-12-14(11-17)6-4-3-5-13-7-9-15(16)10-8-13/h7-10,12H,2-6H2,1H3/b14-12-. The molecule has 1 aromatic carbocycles. The first-order valence-electron chi connectivity index (χ1n) is 6.21. The summed E-state index contributed by atoms with van der Waals surface area (Å²) in [7, 11) is 0. The number of halogens is 1. The fraction of sp³-hybridized carbons (Fsp3) is 0.400. The third-order valence-corrected chi connectivity index (χ3v) is 2.86. The molecular weight excluding hydrogens is 246 g/mol. The van der Waals surface area contributed by atoms with E-state index in [4.69, 9.17) is 21.6 Å². The number of nitriles is 1. The summed E-state index contributed by atoms with van der Waals surface area (Å²) >= 11 is 5.82. The molecule has 0 N–H and O–H groups in total. The molecule has 0 fully saturated rings. The van der Waals surface area contributed by atoms with E-state index in [1.165, 1.54) is 5.56 Å².